The second-order valence-electron chi connectivity index (χ2n) is 4.10. The highest BCUT2D eigenvalue weighted by molar-refractivity contribution is 6.33. The maximum Gasteiger partial charge on any atom is 0.151 e. The average Bonchev–Trinajstić information content (AvgIpc) is 2.40. The first-order valence-corrected chi connectivity index (χ1v) is 6.35. The highest BCUT2D eigenvalue weighted by Gasteiger charge is 2.09. The molecule has 0 amide bonds. The smallest absolute Gasteiger partial charge is 0.151 e. The van der Waals surface area contributed by atoms with Gasteiger partial charge in [0.05, 0.1) is 18.2 Å². The molecular formula is C13H16ClNO3. The van der Waals surface area contributed by atoms with E-state index >= 15 is 0 Å². The zero-order chi connectivity index (χ0) is 12.8. The zero-order valence-corrected chi connectivity index (χ0v) is 10.9. The van der Waals surface area contributed by atoms with Gasteiger partial charge < -0.3 is 9.47 Å². The van der Waals surface area contributed by atoms with Crippen LogP contribution < -0.4 is 4.74 Å². The van der Waals surface area contributed by atoms with Gasteiger partial charge in [-0.15, -0.1) is 0 Å². The summed E-state index contributed by atoms with van der Waals surface area (Å²) in [6.45, 7) is 4.97. The summed E-state index contributed by atoms with van der Waals surface area (Å²) in [6.07, 6.45) is 0.736. The van der Waals surface area contributed by atoms with Crippen LogP contribution in [0.2, 0.25) is 5.02 Å². The molecule has 0 N–H and O–H groups in total. The Balaban J connectivity index is 1.79. The van der Waals surface area contributed by atoms with E-state index in [9.17, 15) is 4.79 Å². The van der Waals surface area contributed by atoms with Gasteiger partial charge in [-0.1, -0.05) is 11.6 Å². The molecule has 0 saturated carbocycles. The average molecular weight is 270 g/mol. The molecule has 0 aromatic heterocycles. The van der Waals surface area contributed by atoms with Gasteiger partial charge in [-0.2, -0.15) is 0 Å². The van der Waals surface area contributed by atoms with E-state index in [2.05, 4.69) is 4.90 Å². The fourth-order valence-electron chi connectivity index (χ4n) is 1.81. The van der Waals surface area contributed by atoms with Crippen LogP contribution in [0.3, 0.4) is 0 Å². The molecule has 1 fully saturated rings. The first-order valence-electron chi connectivity index (χ1n) is 5.97. The van der Waals surface area contributed by atoms with E-state index in [4.69, 9.17) is 21.1 Å². The number of hydrogen-bond donors (Lipinski definition) is 0. The van der Waals surface area contributed by atoms with E-state index in [1.807, 2.05) is 0 Å². The van der Waals surface area contributed by atoms with Crippen molar-refractivity contribution in [3.05, 3.63) is 28.8 Å². The number of rotatable bonds is 5. The van der Waals surface area contributed by atoms with E-state index in [0.29, 0.717) is 22.9 Å². The van der Waals surface area contributed by atoms with Gasteiger partial charge in [0.2, 0.25) is 0 Å². The lowest BCUT2D eigenvalue weighted by atomic mass is 10.2. The first-order chi connectivity index (χ1) is 8.79. The van der Waals surface area contributed by atoms with Crippen molar-refractivity contribution in [2.24, 2.45) is 0 Å². The summed E-state index contributed by atoms with van der Waals surface area (Å²) in [7, 11) is 0. The number of nitrogens with zero attached hydrogens (tertiary/aromatic N) is 1. The molecule has 1 aromatic carbocycles. The maximum absolute atomic E-state index is 10.6. The molecule has 18 heavy (non-hydrogen) atoms. The van der Waals surface area contributed by atoms with E-state index in [-0.39, 0.29) is 0 Å². The largest absolute Gasteiger partial charge is 0.492 e. The van der Waals surface area contributed by atoms with Crippen molar-refractivity contribution in [2.75, 3.05) is 39.5 Å². The lowest BCUT2D eigenvalue weighted by Crippen LogP contribution is -2.38. The van der Waals surface area contributed by atoms with Crippen molar-refractivity contribution < 1.29 is 14.3 Å². The van der Waals surface area contributed by atoms with Crippen molar-refractivity contribution in [2.45, 2.75) is 0 Å². The monoisotopic (exact) mass is 269 g/mol. The predicted octanol–water partition coefficient (Wildman–Crippen LogP) is 1.86. The molecule has 1 saturated heterocycles. The van der Waals surface area contributed by atoms with Gasteiger partial charge in [-0.05, 0) is 18.2 Å². The Kier molecular flexibility index (Phi) is 4.99. The summed E-state index contributed by atoms with van der Waals surface area (Å²) in [6, 6.07) is 5.10. The molecule has 0 bridgehead atoms. The molecule has 2 rings (SSSR count). The van der Waals surface area contributed by atoms with Crippen LogP contribution in [0.5, 0.6) is 5.75 Å². The third kappa shape index (κ3) is 3.70. The summed E-state index contributed by atoms with van der Waals surface area (Å²) < 4.78 is 10.9. The lowest BCUT2D eigenvalue weighted by molar-refractivity contribution is 0.0322. The maximum atomic E-state index is 10.6. The van der Waals surface area contributed by atoms with Crippen LogP contribution in [0.25, 0.3) is 0 Å². The summed E-state index contributed by atoms with van der Waals surface area (Å²) >= 11 is 5.92. The Hall–Kier alpha value is -1.10. The highest BCUT2D eigenvalue weighted by Crippen LogP contribution is 2.21. The van der Waals surface area contributed by atoms with Crippen molar-refractivity contribution in [3.8, 4) is 5.75 Å². The highest BCUT2D eigenvalue weighted by atomic mass is 35.5. The minimum Gasteiger partial charge on any atom is -0.492 e. The van der Waals surface area contributed by atoms with Crippen molar-refractivity contribution in [3.63, 3.8) is 0 Å². The van der Waals surface area contributed by atoms with Gasteiger partial charge in [-0.25, -0.2) is 0 Å². The quantitative estimate of drug-likeness (QED) is 0.765. The second kappa shape index (κ2) is 6.73. The van der Waals surface area contributed by atoms with E-state index in [1.54, 1.807) is 18.2 Å². The summed E-state index contributed by atoms with van der Waals surface area (Å²) in [5.41, 5.74) is 0.484. The number of benzene rings is 1. The van der Waals surface area contributed by atoms with Gasteiger partial charge in [0.25, 0.3) is 0 Å². The van der Waals surface area contributed by atoms with Crippen molar-refractivity contribution >= 4 is 17.9 Å². The van der Waals surface area contributed by atoms with E-state index in [0.717, 1.165) is 39.1 Å². The zero-order valence-electron chi connectivity index (χ0n) is 10.1. The number of aldehydes is 1. The summed E-state index contributed by atoms with van der Waals surface area (Å²) in [4.78, 5) is 12.9. The van der Waals surface area contributed by atoms with Gasteiger partial charge in [0.1, 0.15) is 12.4 Å². The number of hydrogen-bond acceptors (Lipinski definition) is 4. The number of morpholine rings is 1. The third-order valence-corrected chi connectivity index (χ3v) is 3.21. The Morgan fingerprint density at radius 2 is 2.17 bits per heavy atom. The molecule has 1 heterocycles. The minimum absolute atomic E-state index is 0.425. The Morgan fingerprint density at radius 1 is 1.39 bits per heavy atom. The van der Waals surface area contributed by atoms with Gasteiger partial charge in [-0.3, -0.25) is 9.69 Å². The second-order valence-corrected chi connectivity index (χ2v) is 4.51. The molecule has 0 radical (unpaired) electrons. The van der Waals surface area contributed by atoms with E-state index in [1.165, 1.54) is 0 Å². The summed E-state index contributed by atoms with van der Waals surface area (Å²) in [5, 5.41) is 0.425. The van der Waals surface area contributed by atoms with Crippen molar-refractivity contribution in [1.82, 2.24) is 4.90 Å². The molecule has 0 unspecified atom stereocenters. The molecule has 98 valence electrons. The van der Waals surface area contributed by atoms with Crippen LogP contribution in [-0.4, -0.2) is 50.6 Å². The Labute approximate surface area is 111 Å². The fraction of sp³-hybridized carbons (Fsp3) is 0.462. The van der Waals surface area contributed by atoms with Crippen LogP contribution >= 0.6 is 11.6 Å². The number of halogens is 1. The molecule has 1 aliphatic heterocycles. The van der Waals surface area contributed by atoms with Crippen LogP contribution in [-0.2, 0) is 4.74 Å². The van der Waals surface area contributed by atoms with Crippen LogP contribution in [0.4, 0.5) is 0 Å². The number of carbonyl (C=O) groups excluding carboxylic acids is 1. The summed E-state index contributed by atoms with van der Waals surface area (Å²) in [5.74, 6) is 0.693. The normalized spacial score (nSPS) is 16.5. The third-order valence-electron chi connectivity index (χ3n) is 2.88. The Morgan fingerprint density at radius 3 is 2.83 bits per heavy atom. The number of ether oxygens (including phenoxy) is 2. The Bertz CT molecular complexity index is 405. The minimum atomic E-state index is 0.425. The van der Waals surface area contributed by atoms with Crippen LogP contribution in [0.1, 0.15) is 10.4 Å². The molecule has 0 spiro atoms. The molecule has 0 atom stereocenters. The molecule has 1 aromatic rings. The molecule has 0 aliphatic carbocycles. The molecule has 4 nitrogen and oxygen atoms in total. The van der Waals surface area contributed by atoms with Crippen LogP contribution in [0, 0.1) is 0 Å². The van der Waals surface area contributed by atoms with Crippen molar-refractivity contribution in [1.29, 1.82) is 0 Å². The predicted molar refractivity (Wildman–Crippen MR) is 69.6 cm³/mol. The molecule has 1 aliphatic rings. The topological polar surface area (TPSA) is 38.8 Å². The van der Waals surface area contributed by atoms with Gasteiger partial charge in [0, 0.05) is 25.2 Å². The first kappa shape index (κ1) is 13.3. The van der Waals surface area contributed by atoms with Gasteiger partial charge >= 0.3 is 0 Å². The SMILES string of the molecule is O=Cc1ccc(OCCN2CCOCC2)cc1Cl. The number of carbonyl (C=O) groups is 1. The fourth-order valence-corrected chi connectivity index (χ4v) is 2.03. The van der Waals surface area contributed by atoms with E-state index < -0.39 is 0 Å². The van der Waals surface area contributed by atoms with Crippen LogP contribution in [0.15, 0.2) is 18.2 Å². The van der Waals surface area contributed by atoms with Gasteiger partial charge in [0.15, 0.2) is 6.29 Å². The molecular weight excluding hydrogens is 254 g/mol. The standard InChI is InChI=1S/C13H16ClNO3/c14-13-9-12(2-1-11(13)10-16)18-8-5-15-3-6-17-7-4-15/h1-2,9-10H,3-8H2. The lowest BCUT2D eigenvalue weighted by Gasteiger charge is -2.26. The molecule has 5 heteroatoms.